The predicted molar refractivity (Wildman–Crippen MR) is 85.0 cm³/mol. The number of carboxylic acid groups (broad SMARTS) is 1. The first-order chi connectivity index (χ1) is 9.58. The minimum Gasteiger partial charge on any atom is -0.478 e. The van der Waals surface area contributed by atoms with Gasteiger partial charge in [-0.05, 0) is 38.5 Å². The molecule has 1 aromatic heterocycles. The van der Waals surface area contributed by atoms with Gasteiger partial charge in [-0.1, -0.05) is 27.7 Å². The highest BCUT2D eigenvalue weighted by Gasteiger charge is 2.30. The second kappa shape index (κ2) is 4.86. The van der Waals surface area contributed by atoms with Gasteiger partial charge in [-0.25, -0.2) is 9.78 Å². The van der Waals surface area contributed by atoms with Crippen LogP contribution in [0.2, 0.25) is 0 Å². The van der Waals surface area contributed by atoms with Crippen LogP contribution >= 0.6 is 0 Å². The lowest BCUT2D eigenvalue weighted by atomic mass is 9.92. The summed E-state index contributed by atoms with van der Waals surface area (Å²) in [6.07, 6.45) is 0.943. The number of hydrogen-bond acceptors (Lipinski definition) is 2. The first-order valence-corrected chi connectivity index (χ1v) is 7.34. The molecule has 0 amide bonds. The van der Waals surface area contributed by atoms with Crippen molar-refractivity contribution in [1.29, 1.82) is 0 Å². The Morgan fingerprint density at radius 1 is 1.24 bits per heavy atom. The van der Waals surface area contributed by atoms with Gasteiger partial charge >= 0.3 is 5.97 Å². The van der Waals surface area contributed by atoms with Crippen LogP contribution in [0, 0.1) is 0 Å². The van der Waals surface area contributed by atoms with Gasteiger partial charge in [0.2, 0.25) is 0 Å². The van der Waals surface area contributed by atoms with Gasteiger partial charge in [0.15, 0.2) is 0 Å². The van der Waals surface area contributed by atoms with E-state index in [0.717, 1.165) is 23.3 Å². The number of nitrogens with zero attached hydrogens (tertiary/aromatic N) is 2. The van der Waals surface area contributed by atoms with Crippen molar-refractivity contribution in [2.24, 2.45) is 0 Å². The van der Waals surface area contributed by atoms with Crippen molar-refractivity contribution in [2.45, 2.75) is 58.9 Å². The Morgan fingerprint density at radius 3 is 2.33 bits per heavy atom. The fourth-order valence-corrected chi connectivity index (χ4v) is 2.48. The first kappa shape index (κ1) is 15.5. The summed E-state index contributed by atoms with van der Waals surface area (Å²) in [5, 5.41) is 9.23. The molecule has 1 N–H and O–H groups in total. The number of rotatable bonds is 3. The first-order valence-electron chi connectivity index (χ1n) is 7.34. The monoisotopic (exact) mass is 288 g/mol. The van der Waals surface area contributed by atoms with E-state index in [1.165, 1.54) is 0 Å². The van der Waals surface area contributed by atoms with E-state index >= 15 is 0 Å². The van der Waals surface area contributed by atoms with Crippen LogP contribution in [-0.2, 0) is 11.0 Å². The SMILES string of the molecule is CCC(C)(C)n1c(C(C)(C)C)nc2ccc(C(=O)O)cc21. The molecule has 4 nitrogen and oxygen atoms in total. The predicted octanol–water partition coefficient (Wildman–Crippen LogP) is 4.18. The Bertz CT molecular complexity index is 691. The molecule has 2 rings (SSSR count). The smallest absolute Gasteiger partial charge is 0.335 e. The van der Waals surface area contributed by atoms with Crippen molar-refractivity contribution in [3.8, 4) is 0 Å². The summed E-state index contributed by atoms with van der Waals surface area (Å²) in [7, 11) is 0. The van der Waals surface area contributed by atoms with Gasteiger partial charge in [-0.3, -0.25) is 0 Å². The molecule has 4 heteroatoms. The minimum absolute atomic E-state index is 0.102. The third-order valence-electron chi connectivity index (χ3n) is 4.04. The van der Waals surface area contributed by atoms with Crippen LogP contribution in [0.3, 0.4) is 0 Å². The van der Waals surface area contributed by atoms with Crippen LogP contribution in [0.1, 0.15) is 64.1 Å². The van der Waals surface area contributed by atoms with Crippen molar-refractivity contribution < 1.29 is 9.90 Å². The molecule has 0 radical (unpaired) electrons. The van der Waals surface area contributed by atoms with E-state index in [9.17, 15) is 9.90 Å². The molecule has 0 aliphatic rings. The second-order valence-corrected chi connectivity index (χ2v) is 7.20. The van der Waals surface area contributed by atoms with Gasteiger partial charge in [0.25, 0.3) is 0 Å². The molecule has 0 atom stereocenters. The van der Waals surface area contributed by atoms with Gasteiger partial charge in [-0.2, -0.15) is 0 Å². The molecule has 0 aliphatic carbocycles. The van der Waals surface area contributed by atoms with Crippen molar-refractivity contribution in [3.63, 3.8) is 0 Å². The number of carbonyl (C=O) groups is 1. The summed E-state index contributed by atoms with van der Waals surface area (Å²) in [5.41, 5.74) is 1.83. The summed E-state index contributed by atoms with van der Waals surface area (Å²) in [6, 6.07) is 5.15. The molecule has 0 saturated carbocycles. The summed E-state index contributed by atoms with van der Waals surface area (Å²) in [4.78, 5) is 16.0. The van der Waals surface area contributed by atoms with Crippen LogP contribution in [0.25, 0.3) is 11.0 Å². The highest BCUT2D eigenvalue weighted by atomic mass is 16.4. The average Bonchev–Trinajstić information content (AvgIpc) is 2.77. The maximum Gasteiger partial charge on any atom is 0.335 e. The van der Waals surface area contributed by atoms with Gasteiger partial charge in [0, 0.05) is 11.0 Å². The zero-order chi connectivity index (χ0) is 16.0. The quantitative estimate of drug-likeness (QED) is 0.922. The molecule has 1 aromatic carbocycles. The molecule has 0 unspecified atom stereocenters. The zero-order valence-corrected chi connectivity index (χ0v) is 13.7. The fraction of sp³-hybridized carbons (Fsp3) is 0.529. The lowest BCUT2D eigenvalue weighted by molar-refractivity contribution is 0.0697. The standard InChI is InChI=1S/C17H24N2O2/c1-7-17(5,6)19-13-10-11(14(20)21)8-9-12(13)18-15(19)16(2,3)4/h8-10H,7H2,1-6H3,(H,20,21). The third kappa shape index (κ3) is 2.67. The molecular weight excluding hydrogens is 264 g/mol. The number of aromatic nitrogens is 2. The number of benzene rings is 1. The molecule has 114 valence electrons. The summed E-state index contributed by atoms with van der Waals surface area (Å²) in [6.45, 7) is 12.9. The van der Waals surface area contributed by atoms with E-state index in [2.05, 4.69) is 46.1 Å². The normalized spacial score (nSPS) is 12.9. The van der Waals surface area contributed by atoms with Crippen molar-refractivity contribution in [3.05, 3.63) is 29.6 Å². The molecule has 0 spiro atoms. The molecule has 1 heterocycles. The Kier molecular flexibility index (Phi) is 3.60. The Balaban J connectivity index is 2.86. The van der Waals surface area contributed by atoms with E-state index in [0.29, 0.717) is 5.56 Å². The summed E-state index contributed by atoms with van der Waals surface area (Å²) in [5.74, 6) is 0.0863. The zero-order valence-electron chi connectivity index (χ0n) is 13.7. The van der Waals surface area contributed by atoms with Crippen LogP contribution in [-0.4, -0.2) is 20.6 Å². The molecule has 0 fully saturated rings. The molecule has 0 bridgehead atoms. The van der Waals surface area contributed by atoms with Crippen LogP contribution < -0.4 is 0 Å². The molecule has 0 saturated heterocycles. The van der Waals surface area contributed by atoms with E-state index in [4.69, 9.17) is 4.98 Å². The average molecular weight is 288 g/mol. The van der Waals surface area contributed by atoms with Crippen LogP contribution in [0.4, 0.5) is 0 Å². The van der Waals surface area contributed by atoms with Crippen LogP contribution in [0.15, 0.2) is 18.2 Å². The van der Waals surface area contributed by atoms with Crippen LogP contribution in [0.5, 0.6) is 0 Å². The van der Waals surface area contributed by atoms with Gasteiger partial charge < -0.3 is 9.67 Å². The largest absolute Gasteiger partial charge is 0.478 e. The Hall–Kier alpha value is -1.84. The molecule has 2 aromatic rings. The molecule has 21 heavy (non-hydrogen) atoms. The lowest BCUT2D eigenvalue weighted by Crippen LogP contribution is -2.31. The van der Waals surface area contributed by atoms with Crippen molar-refractivity contribution in [1.82, 2.24) is 9.55 Å². The van der Waals surface area contributed by atoms with E-state index in [1.54, 1.807) is 18.2 Å². The highest BCUT2D eigenvalue weighted by Crippen LogP contribution is 2.34. The second-order valence-electron chi connectivity index (χ2n) is 7.20. The van der Waals surface area contributed by atoms with E-state index in [1.807, 2.05) is 0 Å². The maximum atomic E-state index is 11.2. The third-order valence-corrected chi connectivity index (χ3v) is 4.04. The maximum absolute atomic E-state index is 11.2. The topological polar surface area (TPSA) is 55.1 Å². The number of aromatic carboxylic acids is 1. The van der Waals surface area contributed by atoms with Gasteiger partial charge in [0.05, 0.1) is 16.6 Å². The fourth-order valence-electron chi connectivity index (χ4n) is 2.48. The molecular formula is C17H24N2O2. The molecule has 0 aliphatic heterocycles. The van der Waals surface area contributed by atoms with Gasteiger partial charge in [-0.15, -0.1) is 0 Å². The highest BCUT2D eigenvalue weighted by molar-refractivity contribution is 5.92. The Labute approximate surface area is 125 Å². The Morgan fingerprint density at radius 2 is 1.86 bits per heavy atom. The summed E-state index contributed by atoms with van der Waals surface area (Å²) < 4.78 is 2.20. The number of fused-ring (bicyclic) bond motifs is 1. The lowest BCUT2D eigenvalue weighted by Gasteiger charge is -2.32. The summed E-state index contributed by atoms with van der Waals surface area (Å²) >= 11 is 0. The van der Waals surface area contributed by atoms with E-state index in [-0.39, 0.29) is 11.0 Å². The van der Waals surface area contributed by atoms with Gasteiger partial charge in [0.1, 0.15) is 5.82 Å². The van der Waals surface area contributed by atoms with E-state index < -0.39 is 5.97 Å². The number of carboxylic acids is 1. The van der Waals surface area contributed by atoms with Crippen molar-refractivity contribution in [2.75, 3.05) is 0 Å². The number of hydrogen-bond donors (Lipinski definition) is 1. The minimum atomic E-state index is -0.906. The van der Waals surface area contributed by atoms with Crippen molar-refractivity contribution >= 4 is 17.0 Å². The number of imidazole rings is 1.